The van der Waals surface area contributed by atoms with Gasteiger partial charge in [0.2, 0.25) is 0 Å². The molecule has 0 saturated carbocycles. The van der Waals surface area contributed by atoms with Crippen LogP contribution in [-0.2, 0) is 0 Å². The molecular weight excluding hydrogens is 216 g/mol. The van der Waals surface area contributed by atoms with E-state index in [0.29, 0.717) is 10.4 Å². The first kappa shape index (κ1) is 9.30. The van der Waals surface area contributed by atoms with Gasteiger partial charge in [-0.15, -0.1) is 0 Å². The minimum atomic E-state index is -0.0386. The summed E-state index contributed by atoms with van der Waals surface area (Å²) in [7, 11) is 2.34. The second-order valence-corrected chi connectivity index (χ2v) is 4.82. The first-order valence-electron chi connectivity index (χ1n) is 3.96. The van der Waals surface area contributed by atoms with E-state index in [-0.39, 0.29) is 4.74 Å². The Morgan fingerprint density at radius 3 is 2.43 bits per heavy atom. The Morgan fingerprint density at radius 1 is 1.07 bits per heavy atom. The summed E-state index contributed by atoms with van der Waals surface area (Å²) in [5.74, 6) is 0. The molecular formula is C10H6O2S2. The average Bonchev–Trinajstić information content (AvgIpc) is 2.61. The van der Waals surface area contributed by atoms with Crippen molar-refractivity contribution in [1.82, 2.24) is 0 Å². The molecule has 0 aliphatic carbocycles. The van der Waals surface area contributed by atoms with Gasteiger partial charge in [-0.2, -0.15) is 0 Å². The van der Waals surface area contributed by atoms with Crippen molar-refractivity contribution in [2.45, 2.75) is 0 Å². The molecule has 0 saturated heterocycles. The van der Waals surface area contributed by atoms with Gasteiger partial charge in [-0.05, 0) is 15.9 Å². The van der Waals surface area contributed by atoms with Crippen molar-refractivity contribution >= 4 is 27.0 Å². The first-order chi connectivity index (χ1) is 6.83. The zero-order chi connectivity index (χ0) is 9.97. The van der Waals surface area contributed by atoms with E-state index in [1.54, 1.807) is 0 Å². The normalized spacial score (nSPS) is 10.0. The van der Waals surface area contributed by atoms with E-state index in [0.717, 1.165) is 22.2 Å². The van der Waals surface area contributed by atoms with Crippen LogP contribution in [0, 0.1) is 0 Å². The van der Waals surface area contributed by atoms with E-state index in [2.05, 4.69) is 0 Å². The van der Waals surface area contributed by atoms with Crippen molar-refractivity contribution in [3.63, 3.8) is 0 Å². The van der Waals surface area contributed by atoms with Gasteiger partial charge < -0.3 is 0 Å². The molecule has 2 rings (SSSR count). The molecule has 0 bridgehead atoms. The summed E-state index contributed by atoms with van der Waals surface area (Å²) < 4.78 is -0.0386. The van der Waals surface area contributed by atoms with Crippen molar-refractivity contribution in [3.8, 4) is 11.1 Å². The highest BCUT2D eigenvalue weighted by Gasteiger charge is 2.11. The summed E-state index contributed by atoms with van der Waals surface area (Å²) in [5, 5.41) is 0. The van der Waals surface area contributed by atoms with E-state index >= 15 is 0 Å². The minimum absolute atomic E-state index is 0.0386. The lowest BCUT2D eigenvalue weighted by molar-refractivity contribution is 0.112. The number of benzene rings is 1. The van der Waals surface area contributed by atoms with Crippen LogP contribution in [0.1, 0.15) is 9.67 Å². The fourth-order valence-electron chi connectivity index (χ4n) is 1.21. The Morgan fingerprint density at radius 2 is 1.79 bits per heavy atom. The summed E-state index contributed by atoms with van der Waals surface area (Å²) in [5.41, 5.74) is 1.35. The van der Waals surface area contributed by atoms with E-state index in [9.17, 15) is 9.59 Å². The lowest BCUT2D eigenvalue weighted by Gasteiger charge is -1.95. The van der Waals surface area contributed by atoms with Gasteiger partial charge in [0, 0.05) is 0 Å². The maximum Gasteiger partial charge on any atom is 0.251 e. The van der Waals surface area contributed by atoms with Gasteiger partial charge in [-0.3, -0.25) is 9.59 Å². The maximum atomic E-state index is 11.5. The molecule has 0 spiro atoms. The fourth-order valence-corrected chi connectivity index (χ4v) is 3.20. The minimum Gasteiger partial charge on any atom is -0.297 e. The Hall–Kier alpha value is -1.26. The summed E-state index contributed by atoms with van der Waals surface area (Å²) in [6.07, 6.45) is 0.741. The molecule has 2 nitrogen and oxygen atoms in total. The number of carbonyl (C=O) groups is 1. The van der Waals surface area contributed by atoms with Crippen molar-refractivity contribution in [2.75, 3.05) is 0 Å². The summed E-state index contributed by atoms with van der Waals surface area (Å²) >= 11 is 0. The fraction of sp³-hybridized carbons (Fsp3) is 0. The van der Waals surface area contributed by atoms with Gasteiger partial charge in [0.25, 0.3) is 4.74 Å². The van der Waals surface area contributed by atoms with Gasteiger partial charge >= 0.3 is 0 Å². The molecule has 2 aromatic rings. The predicted molar refractivity (Wildman–Crippen MR) is 59.3 cm³/mol. The Labute approximate surface area is 87.8 Å². The quantitative estimate of drug-likeness (QED) is 0.578. The topological polar surface area (TPSA) is 34.1 Å². The average molecular weight is 222 g/mol. The Balaban J connectivity index is 2.67. The molecule has 1 heterocycles. The van der Waals surface area contributed by atoms with E-state index in [4.69, 9.17) is 0 Å². The molecule has 0 N–H and O–H groups in total. The van der Waals surface area contributed by atoms with Crippen LogP contribution in [0.5, 0.6) is 0 Å². The van der Waals surface area contributed by atoms with Gasteiger partial charge in [0.15, 0.2) is 6.29 Å². The van der Waals surface area contributed by atoms with Crippen LogP contribution in [0.25, 0.3) is 11.1 Å². The van der Waals surface area contributed by atoms with Crippen LogP contribution in [0.2, 0.25) is 0 Å². The lowest BCUT2D eigenvalue weighted by Crippen LogP contribution is -1.95. The SMILES string of the molecule is O=Cc1ssc(=O)c1-c1ccccc1. The zero-order valence-corrected chi connectivity index (χ0v) is 8.73. The van der Waals surface area contributed by atoms with E-state index < -0.39 is 0 Å². The smallest absolute Gasteiger partial charge is 0.251 e. The predicted octanol–water partition coefficient (Wildman–Crippen LogP) is 2.65. The van der Waals surface area contributed by atoms with Crippen LogP contribution in [0.3, 0.4) is 0 Å². The number of hydrogen-bond donors (Lipinski definition) is 0. The van der Waals surface area contributed by atoms with Crippen molar-refractivity contribution in [1.29, 1.82) is 0 Å². The third-order valence-corrected chi connectivity index (χ3v) is 3.99. The third-order valence-electron chi connectivity index (χ3n) is 1.83. The van der Waals surface area contributed by atoms with Crippen LogP contribution in [0.15, 0.2) is 35.1 Å². The van der Waals surface area contributed by atoms with Crippen LogP contribution in [0.4, 0.5) is 0 Å². The summed E-state index contributed by atoms with van der Waals surface area (Å²) in [4.78, 5) is 22.7. The highest BCUT2D eigenvalue weighted by molar-refractivity contribution is 7.69. The van der Waals surface area contributed by atoms with Crippen molar-refractivity contribution < 1.29 is 4.79 Å². The molecule has 70 valence electrons. The van der Waals surface area contributed by atoms with Gasteiger partial charge in [-0.1, -0.05) is 40.7 Å². The van der Waals surface area contributed by atoms with E-state index in [1.807, 2.05) is 30.3 Å². The standard InChI is InChI=1S/C10H6O2S2/c11-6-8-9(10(12)14-13-8)7-4-2-1-3-5-7/h1-6H. The number of carbonyl (C=O) groups excluding carboxylic acids is 1. The highest BCUT2D eigenvalue weighted by atomic mass is 32.9. The maximum absolute atomic E-state index is 11.5. The molecule has 1 aromatic heterocycles. The van der Waals surface area contributed by atoms with Crippen LogP contribution >= 0.6 is 20.7 Å². The zero-order valence-electron chi connectivity index (χ0n) is 7.10. The third kappa shape index (κ3) is 1.54. The molecule has 0 radical (unpaired) electrons. The number of aldehydes is 1. The first-order valence-corrected chi connectivity index (χ1v) is 6.11. The lowest BCUT2D eigenvalue weighted by atomic mass is 10.1. The summed E-state index contributed by atoms with van der Waals surface area (Å²) in [6, 6.07) is 9.26. The molecule has 1 aromatic carbocycles. The van der Waals surface area contributed by atoms with Crippen molar-refractivity contribution in [3.05, 3.63) is 44.7 Å². The van der Waals surface area contributed by atoms with Crippen LogP contribution in [-0.4, -0.2) is 6.29 Å². The Bertz CT molecular complexity index is 496. The second kappa shape index (κ2) is 3.86. The van der Waals surface area contributed by atoms with E-state index in [1.165, 1.54) is 10.3 Å². The van der Waals surface area contributed by atoms with Gasteiger partial charge in [-0.25, -0.2) is 0 Å². The monoisotopic (exact) mass is 222 g/mol. The second-order valence-electron chi connectivity index (χ2n) is 2.68. The highest BCUT2D eigenvalue weighted by Crippen LogP contribution is 2.24. The molecule has 0 aliphatic rings. The molecule has 0 fully saturated rings. The van der Waals surface area contributed by atoms with Gasteiger partial charge in [0.1, 0.15) is 0 Å². The van der Waals surface area contributed by atoms with Crippen LogP contribution < -0.4 is 4.74 Å². The largest absolute Gasteiger partial charge is 0.297 e. The summed E-state index contributed by atoms with van der Waals surface area (Å²) in [6.45, 7) is 0. The number of hydrogen-bond acceptors (Lipinski definition) is 4. The molecule has 4 heteroatoms. The molecule has 0 aliphatic heterocycles. The molecule has 0 unspecified atom stereocenters. The van der Waals surface area contributed by atoms with Gasteiger partial charge in [0.05, 0.1) is 10.4 Å². The molecule has 0 atom stereocenters. The Kier molecular flexibility index (Phi) is 2.56. The number of rotatable bonds is 2. The molecule has 0 amide bonds. The van der Waals surface area contributed by atoms with Crippen molar-refractivity contribution in [2.24, 2.45) is 0 Å². The molecule has 14 heavy (non-hydrogen) atoms.